The molecule has 0 radical (unpaired) electrons. The van der Waals surface area contributed by atoms with Crippen molar-refractivity contribution in [2.75, 3.05) is 12.4 Å². The fraction of sp³-hybridized carbons (Fsp3) is 0.190. The number of ether oxygens (including phenoxy) is 2. The van der Waals surface area contributed by atoms with Gasteiger partial charge in [-0.3, -0.25) is 9.59 Å². The van der Waals surface area contributed by atoms with E-state index in [9.17, 15) is 18.8 Å². The Kier molecular flexibility index (Phi) is 7.03. The number of nitrogens with one attached hydrogen (secondary N) is 1. The molecule has 0 spiro atoms. The number of carbonyl (C=O) groups excluding carboxylic acids is 3. The quantitative estimate of drug-likeness (QED) is 0.447. The third kappa shape index (κ3) is 5.51. The number of halogens is 1. The Bertz CT molecular complexity index is 923. The van der Waals surface area contributed by atoms with Crippen LogP contribution in [0.15, 0.2) is 48.5 Å². The fourth-order valence-corrected chi connectivity index (χ4v) is 2.35. The minimum atomic E-state index is -1.09. The van der Waals surface area contributed by atoms with Gasteiger partial charge < -0.3 is 14.8 Å². The molecule has 6 nitrogen and oxygen atoms in total. The van der Waals surface area contributed by atoms with Crippen molar-refractivity contribution in [3.05, 3.63) is 65.5 Å². The van der Waals surface area contributed by atoms with Crippen molar-refractivity contribution < 1.29 is 28.2 Å². The van der Waals surface area contributed by atoms with Crippen LogP contribution in [0.5, 0.6) is 5.75 Å². The second kappa shape index (κ2) is 9.45. The van der Waals surface area contributed by atoms with E-state index in [4.69, 9.17) is 9.47 Å². The molecular formula is C21H20FNO5. The average Bonchev–Trinajstić information content (AvgIpc) is 2.66. The molecule has 0 aliphatic rings. The third-order valence-electron chi connectivity index (χ3n) is 3.81. The van der Waals surface area contributed by atoms with Crippen LogP contribution >= 0.6 is 0 Å². The molecule has 1 atom stereocenters. The van der Waals surface area contributed by atoms with Gasteiger partial charge in [-0.15, -0.1) is 0 Å². The second-order valence-corrected chi connectivity index (χ2v) is 5.90. The Morgan fingerprint density at radius 2 is 1.86 bits per heavy atom. The number of anilines is 1. The standard InChI is InChI=1S/C21H20FNO5/c1-13(24)16-6-4-5-7-18(16)23-21(26)14(2)28-20(25)11-9-15-8-10-19(27-3)17(22)12-15/h4-12,14H,1-3H3,(H,23,26)/b11-9+/t14-/m0/s1. The maximum atomic E-state index is 13.6. The summed E-state index contributed by atoms with van der Waals surface area (Å²) in [6, 6.07) is 10.7. The minimum absolute atomic E-state index is 0.0934. The van der Waals surface area contributed by atoms with Gasteiger partial charge in [0.15, 0.2) is 23.5 Å². The lowest BCUT2D eigenvalue weighted by Crippen LogP contribution is -2.30. The molecule has 0 saturated carbocycles. The maximum absolute atomic E-state index is 13.6. The molecule has 0 aromatic heterocycles. The number of methoxy groups -OCH3 is 1. The predicted octanol–water partition coefficient (Wildman–Crippen LogP) is 3.62. The number of hydrogen-bond donors (Lipinski definition) is 1. The Labute approximate surface area is 162 Å². The highest BCUT2D eigenvalue weighted by atomic mass is 19.1. The molecule has 7 heteroatoms. The zero-order valence-corrected chi connectivity index (χ0v) is 15.7. The molecule has 0 aliphatic heterocycles. The van der Waals surface area contributed by atoms with Crippen LogP contribution in [0.2, 0.25) is 0 Å². The smallest absolute Gasteiger partial charge is 0.331 e. The Hall–Kier alpha value is -3.48. The van der Waals surface area contributed by atoms with Crippen molar-refractivity contribution in [3.63, 3.8) is 0 Å². The van der Waals surface area contributed by atoms with Gasteiger partial charge in [-0.05, 0) is 49.8 Å². The molecule has 2 aromatic rings. The second-order valence-electron chi connectivity index (χ2n) is 5.90. The first-order chi connectivity index (χ1) is 13.3. The number of rotatable bonds is 7. The summed E-state index contributed by atoms with van der Waals surface area (Å²) in [7, 11) is 1.35. The van der Waals surface area contributed by atoms with Crippen LogP contribution in [-0.4, -0.2) is 30.9 Å². The monoisotopic (exact) mass is 385 g/mol. The SMILES string of the molecule is COc1ccc(/C=C/C(=O)O[C@@H](C)C(=O)Nc2ccccc2C(C)=O)cc1F. The van der Waals surface area contributed by atoms with Gasteiger partial charge in [-0.1, -0.05) is 18.2 Å². The zero-order chi connectivity index (χ0) is 20.7. The Morgan fingerprint density at radius 3 is 2.50 bits per heavy atom. The first-order valence-electron chi connectivity index (χ1n) is 8.45. The number of para-hydroxylation sites is 1. The van der Waals surface area contributed by atoms with Gasteiger partial charge in [-0.25, -0.2) is 9.18 Å². The van der Waals surface area contributed by atoms with E-state index in [1.54, 1.807) is 30.3 Å². The van der Waals surface area contributed by atoms with E-state index in [1.165, 1.54) is 39.2 Å². The van der Waals surface area contributed by atoms with Crippen molar-refractivity contribution in [1.29, 1.82) is 0 Å². The van der Waals surface area contributed by atoms with Crippen LogP contribution in [0, 0.1) is 5.82 Å². The van der Waals surface area contributed by atoms with Crippen LogP contribution in [-0.2, 0) is 14.3 Å². The van der Waals surface area contributed by atoms with Crippen molar-refractivity contribution in [2.24, 2.45) is 0 Å². The minimum Gasteiger partial charge on any atom is -0.494 e. The molecule has 0 fully saturated rings. The van der Waals surface area contributed by atoms with E-state index in [0.717, 1.165) is 6.08 Å². The molecule has 0 heterocycles. The summed E-state index contributed by atoms with van der Waals surface area (Å²) in [5.74, 6) is -2.01. The summed E-state index contributed by atoms with van der Waals surface area (Å²) >= 11 is 0. The molecule has 28 heavy (non-hydrogen) atoms. The van der Waals surface area contributed by atoms with Gasteiger partial charge in [0.25, 0.3) is 5.91 Å². The number of benzene rings is 2. The summed E-state index contributed by atoms with van der Waals surface area (Å²) in [6.45, 7) is 2.80. The fourth-order valence-electron chi connectivity index (χ4n) is 2.35. The summed E-state index contributed by atoms with van der Waals surface area (Å²) in [6.07, 6.45) is 1.36. The van der Waals surface area contributed by atoms with E-state index in [0.29, 0.717) is 16.8 Å². The highest BCUT2D eigenvalue weighted by Crippen LogP contribution is 2.19. The molecule has 0 aliphatic carbocycles. The van der Waals surface area contributed by atoms with E-state index in [-0.39, 0.29) is 11.5 Å². The van der Waals surface area contributed by atoms with E-state index in [1.807, 2.05) is 0 Å². The number of hydrogen-bond acceptors (Lipinski definition) is 5. The van der Waals surface area contributed by atoms with Crippen LogP contribution in [0.4, 0.5) is 10.1 Å². The molecule has 2 rings (SSSR count). The van der Waals surface area contributed by atoms with Gasteiger partial charge >= 0.3 is 5.97 Å². The zero-order valence-electron chi connectivity index (χ0n) is 15.7. The van der Waals surface area contributed by atoms with E-state index in [2.05, 4.69) is 5.32 Å². The first kappa shape index (κ1) is 20.8. The Morgan fingerprint density at radius 1 is 1.14 bits per heavy atom. The van der Waals surface area contributed by atoms with E-state index >= 15 is 0 Å². The summed E-state index contributed by atoms with van der Waals surface area (Å²) < 4.78 is 23.5. The highest BCUT2D eigenvalue weighted by Gasteiger charge is 2.18. The van der Waals surface area contributed by atoms with Gasteiger partial charge in [0, 0.05) is 11.6 Å². The number of carbonyl (C=O) groups is 3. The van der Waals surface area contributed by atoms with Crippen LogP contribution < -0.4 is 10.1 Å². The van der Waals surface area contributed by atoms with E-state index < -0.39 is 23.8 Å². The normalized spacial score (nSPS) is 11.7. The predicted molar refractivity (Wildman–Crippen MR) is 103 cm³/mol. The van der Waals surface area contributed by atoms with Gasteiger partial charge in [0.1, 0.15) is 0 Å². The lowest BCUT2D eigenvalue weighted by atomic mass is 10.1. The number of Topliss-reactive ketones (excluding diaryl/α,β-unsaturated/α-hetero) is 1. The molecule has 2 aromatic carbocycles. The molecule has 0 unspecified atom stereocenters. The number of esters is 1. The maximum Gasteiger partial charge on any atom is 0.331 e. The molecule has 0 saturated heterocycles. The van der Waals surface area contributed by atoms with Gasteiger partial charge in [-0.2, -0.15) is 0 Å². The first-order valence-corrected chi connectivity index (χ1v) is 8.45. The molecule has 1 amide bonds. The largest absolute Gasteiger partial charge is 0.494 e. The van der Waals surface area contributed by atoms with Crippen molar-refractivity contribution in [3.8, 4) is 5.75 Å². The van der Waals surface area contributed by atoms with Crippen molar-refractivity contribution >= 4 is 29.4 Å². The summed E-state index contributed by atoms with van der Waals surface area (Å²) in [4.78, 5) is 35.7. The highest BCUT2D eigenvalue weighted by molar-refractivity contribution is 6.05. The van der Waals surface area contributed by atoms with Gasteiger partial charge in [0.2, 0.25) is 0 Å². The number of ketones is 1. The van der Waals surface area contributed by atoms with Crippen LogP contribution in [0.1, 0.15) is 29.8 Å². The topological polar surface area (TPSA) is 81.7 Å². The van der Waals surface area contributed by atoms with Gasteiger partial charge in [0.05, 0.1) is 12.8 Å². The lowest BCUT2D eigenvalue weighted by Gasteiger charge is -2.14. The molecular weight excluding hydrogens is 365 g/mol. The summed E-state index contributed by atoms with van der Waals surface area (Å²) in [5, 5.41) is 2.57. The Balaban J connectivity index is 1.97. The average molecular weight is 385 g/mol. The summed E-state index contributed by atoms with van der Waals surface area (Å²) in [5.41, 5.74) is 1.13. The van der Waals surface area contributed by atoms with Crippen LogP contribution in [0.3, 0.4) is 0 Å². The van der Waals surface area contributed by atoms with Crippen molar-refractivity contribution in [1.82, 2.24) is 0 Å². The molecule has 1 N–H and O–H groups in total. The molecule has 146 valence electrons. The van der Waals surface area contributed by atoms with Crippen molar-refractivity contribution in [2.45, 2.75) is 20.0 Å². The van der Waals surface area contributed by atoms with Crippen LogP contribution in [0.25, 0.3) is 6.08 Å². The third-order valence-corrected chi connectivity index (χ3v) is 3.81. The number of amides is 1. The molecule has 0 bridgehead atoms. The lowest BCUT2D eigenvalue weighted by molar-refractivity contribution is -0.148.